The molecule has 98 valence electrons. The summed E-state index contributed by atoms with van der Waals surface area (Å²) in [4.78, 5) is 0. The van der Waals surface area contributed by atoms with E-state index < -0.39 is 0 Å². The van der Waals surface area contributed by atoms with E-state index in [9.17, 15) is 0 Å². The van der Waals surface area contributed by atoms with Gasteiger partial charge in [0.2, 0.25) is 0 Å². The van der Waals surface area contributed by atoms with Crippen molar-refractivity contribution in [1.29, 1.82) is 0 Å². The van der Waals surface area contributed by atoms with Crippen LogP contribution in [0.3, 0.4) is 0 Å². The Morgan fingerprint density at radius 3 is 2.61 bits per heavy atom. The summed E-state index contributed by atoms with van der Waals surface area (Å²) in [5.74, 6) is 1.32. The maximum absolute atomic E-state index is 2.38. The molecule has 0 heterocycles. The van der Waals surface area contributed by atoms with Gasteiger partial charge in [-0.2, -0.15) is 0 Å². The maximum Gasteiger partial charge on any atom is -0.0215 e. The zero-order valence-electron chi connectivity index (χ0n) is 12.1. The van der Waals surface area contributed by atoms with E-state index in [0.29, 0.717) is 11.8 Å². The smallest absolute Gasteiger partial charge is 0.0215 e. The van der Waals surface area contributed by atoms with E-state index in [0.717, 1.165) is 0 Å². The Hall–Kier alpha value is -1.04. The van der Waals surface area contributed by atoms with Gasteiger partial charge in [-0.1, -0.05) is 51.1 Å². The second-order valence-electron chi connectivity index (χ2n) is 6.07. The fraction of sp³-hybridized carbons (Fsp3) is 0.556. The Balaban J connectivity index is 2.09. The lowest BCUT2D eigenvalue weighted by Gasteiger charge is -2.20. The zero-order valence-corrected chi connectivity index (χ0v) is 12.1. The number of benzene rings is 1. The summed E-state index contributed by atoms with van der Waals surface area (Å²) in [5, 5.41) is 0. The molecule has 0 fully saturated rings. The summed E-state index contributed by atoms with van der Waals surface area (Å²) >= 11 is 0. The van der Waals surface area contributed by atoms with E-state index >= 15 is 0 Å². The highest BCUT2D eigenvalue weighted by atomic mass is 14.2. The third kappa shape index (κ3) is 3.48. The van der Waals surface area contributed by atoms with Crippen molar-refractivity contribution in [2.24, 2.45) is 11.8 Å². The van der Waals surface area contributed by atoms with E-state index in [1.165, 1.54) is 32.1 Å². The molecule has 1 aliphatic rings. The molecule has 0 nitrogen and oxygen atoms in total. The van der Waals surface area contributed by atoms with Crippen LogP contribution in [0.2, 0.25) is 0 Å². The average Bonchev–Trinajstić information content (AvgIpc) is 2.37. The van der Waals surface area contributed by atoms with Gasteiger partial charge in [0.05, 0.1) is 0 Å². The van der Waals surface area contributed by atoms with E-state index in [1.807, 2.05) is 0 Å². The zero-order chi connectivity index (χ0) is 13.0. The fourth-order valence-electron chi connectivity index (χ4n) is 2.88. The topological polar surface area (TPSA) is 0 Å². The monoisotopic (exact) mass is 242 g/mol. The highest BCUT2D eigenvalue weighted by Gasteiger charge is 2.13. The first-order chi connectivity index (χ1) is 8.66. The van der Waals surface area contributed by atoms with Gasteiger partial charge in [-0.25, -0.2) is 0 Å². The molecule has 0 aromatic heterocycles. The van der Waals surface area contributed by atoms with Crippen LogP contribution >= 0.6 is 0 Å². The fourth-order valence-corrected chi connectivity index (χ4v) is 2.88. The SMILES string of the molecule is CC(C)C=CC(C)Cc1cccc2c1CCCC2. The Bertz CT molecular complexity index is 412. The first-order valence-corrected chi connectivity index (χ1v) is 7.44. The average molecular weight is 242 g/mol. The molecule has 0 N–H and O–H groups in total. The third-order valence-corrected chi connectivity index (χ3v) is 3.86. The highest BCUT2D eigenvalue weighted by molar-refractivity contribution is 5.37. The van der Waals surface area contributed by atoms with Gasteiger partial charge in [-0.3, -0.25) is 0 Å². The summed E-state index contributed by atoms with van der Waals surface area (Å²) in [5.41, 5.74) is 4.86. The molecule has 1 unspecified atom stereocenters. The van der Waals surface area contributed by atoms with Crippen LogP contribution in [0.5, 0.6) is 0 Å². The molecule has 0 spiro atoms. The summed E-state index contributed by atoms with van der Waals surface area (Å²) in [7, 11) is 0. The lowest BCUT2D eigenvalue weighted by atomic mass is 9.85. The molecule has 18 heavy (non-hydrogen) atoms. The standard InChI is InChI=1S/C18H26/c1-14(2)11-12-15(3)13-17-9-6-8-16-7-4-5-10-18(16)17/h6,8-9,11-12,14-15H,4-5,7,10,13H2,1-3H3. The van der Waals surface area contributed by atoms with Crippen LogP contribution in [0.1, 0.15) is 50.3 Å². The van der Waals surface area contributed by atoms with Crippen molar-refractivity contribution in [2.75, 3.05) is 0 Å². The predicted molar refractivity (Wildman–Crippen MR) is 79.9 cm³/mol. The number of fused-ring (bicyclic) bond motifs is 1. The van der Waals surface area contributed by atoms with Crippen LogP contribution in [-0.2, 0) is 19.3 Å². The van der Waals surface area contributed by atoms with Gasteiger partial charge < -0.3 is 0 Å². The molecular formula is C18H26. The number of aryl methyl sites for hydroxylation is 1. The molecule has 0 amide bonds. The van der Waals surface area contributed by atoms with Crippen LogP contribution < -0.4 is 0 Å². The van der Waals surface area contributed by atoms with Crippen LogP contribution in [0.15, 0.2) is 30.4 Å². The van der Waals surface area contributed by atoms with Gasteiger partial charge in [0.1, 0.15) is 0 Å². The Kier molecular flexibility index (Phi) is 4.63. The molecule has 0 saturated carbocycles. The largest absolute Gasteiger partial charge is 0.0857 e. The summed E-state index contributed by atoms with van der Waals surface area (Å²) in [6, 6.07) is 6.91. The molecule has 1 aliphatic carbocycles. The molecule has 2 rings (SSSR count). The van der Waals surface area contributed by atoms with Crippen LogP contribution in [0, 0.1) is 11.8 Å². The number of rotatable bonds is 4. The quantitative estimate of drug-likeness (QED) is 0.655. The first-order valence-electron chi connectivity index (χ1n) is 7.44. The molecule has 0 heteroatoms. The van der Waals surface area contributed by atoms with Crippen molar-refractivity contribution >= 4 is 0 Å². The Labute approximate surface area is 112 Å². The van der Waals surface area contributed by atoms with Crippen molar-refractivity contribution in [3.8, 4) is 0 Å². The lowest BCUT2D eigenvalue weighted by molar-refractivity contribution is 0.657. The van der Waals surface area contributed by atoms with Gasteiger partial charge in [-0.15, -0.1) is 0 Å². The molecule has 0 saturated heterocycles. The van der Waals surface area contributed by atoms with E-state index in [1.54, 1.807) is 16.7 Å². The van der Waals surface area contributed by atoms with Gasteiger partial charge >= 0.3 is 0 Å². The summed E-state index contributed by atoms with van der Waals surface area (Å²) < 4.78 is 0. The van der Waals surface area contributed by atoms with Crippen LogP contribution in [0.4, 0.5) is 0 Å². The molecule has 0 bridgehead atoms. The van der Waals surface area contributed by atoms with Crippen molar-refractivity contribution < 1.29 is 0 Å². The van der Waals surface area contributed by atoms with Crippen LogP contribution in [0.25, 0.3) is 0 Å². The van der Waals surface area contributed by atoms with Crippen molar-refractivity contribution in [3.63, 3.8) is 0 Å². The van der Waals surface area contributed by atoms with Gasteiger partial charge in [0, 0.05) is 0 Å². The number of allylic oxidation sites excluding steroid dienone is 2. The Morgan fingerprint density at radius 1 is 1.06 bits per heavy atom. The Morgan fingerprint density at radius 2 is 1.83 bits per heavy atom. The van der Waals surface area contributed by atoms with E-state index in [2.05, 4.69) is 51.1 Å². The minimum Gasteiger partial charge on any atom is -0.0857 e. The molecular weight excluding hydrogens is 216 g/mol. The minimum absolute atomic E-state index is 0.654. The van der Waals surface area contributed by atoms with Crippen molar-refractivity contribution in [3.05, 3.63) is 47.0 Å². The maximum atomic E-state index is 2.38. The highest BCUT2D eigenvalue weighted by Crippen LogP contribution is 2.26. The molecule has 0 aliphatic heterocycles. The third-order valence-electron chi connectivity index (χ3n) is 3.86. The predicted octanol–water partition coefficient (Wildman–Crippen LogP) is 4.96. The van der Waals surface area contributed by atoms with Gasteiger partial charge in [0.15, 0.2) is 0 Å². The molecule has 1 aromatic rings. The lowest BCUT2D eigenvalue weighted by Crippen LogP contribution is -2.08. The second-order valence-corrected chi connectivity index (χ2v) is 6.07. The van der Waals surface area contributed by atoms with Crippen LogP contribution in [-0.4, -0.2) is 0 Å². The van der Waals surface area contributed by atoms with Crippen molar-refractivity contribution in [2.45, 2.75) is 52.9 Å². The molecule has 1 atom stereocenters. The first kappa shape index (κ1) is 13.4. The van der Waals surface area contributed by atoms with Gasteiger partial charge in [-0.05, 0) is 60.6 Å². The second kappa shape index (κ2) is 6.22. The molecule has 1 aromatic carbocycles. The number of hydrogen-bond acceptors (Lipinski definition) is 0. The van der Waals surface area contributed by atoms with E-state index in [4.69, 9.17) is 0 Å². The van der Waals surface area contributed by atoms with Crippen molar-refractivity contribution in [1.82, 2.24) is 0 Å². The minimum atomic E-state index is 0.654. The normalized spacial score (nSPS) is 17.1. The summed E-state index contributed by atoms with van der Waals surface area (Å²) in [6.45, 7) is 6.82. The summed E-state index contributed by atoms with van der Waals surface area (Å²) in [6.07, 6.45) is 11.3. The van der Waals surface area contributed by atoms with E-state index in [-0.39, 0.29) is 0 Å². The number of hydrogen-bond donors (Lipinski definition) is 0. The van der Waals surface area contributed by atoms with Gasteiger partial charge in [0.25, 0.3) is 0 Å². The molecule has 0 radical (unpaired) electrons.